The number of aromatic hydroxyl groups is 1. The summed E-state index contributed by atoms with van der Waals surface area (Å²) in [5.41, 5.74) is 7.27. The number of allylic oxidation sites excluding steroid dienone is 2. The molecule has 0 spiro atoms. The highest BCUT2D eigenvalue weighted by Crippen LogP contribution is 2.48. The molecule has 0 saturated heterocycles. The molecule has 0 amide bonds. The Morgan fingerprint density at radius 2 is 1.37 bits per heavy atom. The van der Waals surface area contributed by atoms with Gasteiger partial charge in [-0.3, -0.25) is 4.79 Å². The number of phenolic OH excluding ortho intramolecular Hbond substituents is 1. The molecule has 2 aliphatic carbocycles. The topological polar surface area (TPSA) is 65.0 Å². The minimum atomic E-state index is -0.279. The van der Waals surface area contributed by atoms with E-state index in [1.807, 2.05) is 36.4 Å². The van der Waals surface area contributed by atoms with Crippen molar-refractivity contribution < 1.29 is 24.1 Å². The van der Waals surface area contributed by atoms with Gasteiger partial charge in [-0.1, -0.05) is 89.4 Å². The highest BCUT2D eigenvalue weighted by molar-refractivity contribution is 6.16. The standard InChI is InChI=1S/C23H20O5.C12H22.C3H8/c1-26-16-10-15-11-17-19(27-2)9-8-18(24)22(17)23(25)21(15)20(12-16)28-13-14-6-4-3-5-7-14;1-9-10(2)12(5,6)8-7-11(9,3)4;1-3-2/h3-10,12,24H,11,13H2,1-2H3;7-8H2,1-6H3;3H2,1-2H3. The van der Waals surface area contributed by atoms with Crippen molar-refractivity contribution in [3.05, 3.63) is 93.6 Å². The Labute approximate surface area is 258 Å². The number of ether oxygens (including phenoxy) is 3. The molecule has 0 atom stereocenters. The molecule has 2 aliphatic rings. The van der Waals surface area contributed by atoms with E-state index in [-0.39, 0.29) is 17.1 Å². The lowest BCUT2D eigenvalue weighted by atomic mass is 9.64. The van der Waals surface area contributed by atoms with Crippen molar-refractivity contribution in [1.82, 2.24) is 0 Å². The van der Waals surface area contributed by atoms with E-state index in [4.69, 9.17) is 14.2 Å². The van der Waals surface area contributed by atoms with Gasteiger partial charge in [-0.25, -0.2) is 0 Å². The number of benzene rings is 3. The fourth-order valence-corrected chi connectivity index (χ4v) is 5.58. The Morgan fingerprint density at radius 3 is 1.91 bits per heavy atom. The van der Waals surface area contributed by atoms with Crippen LogP contribution in [-0.4, -0.2) is 25.1 Å². The summed E-state index contributed by atoms with van der Waals surface area (Å²) in [7, 11) is 3.13. The lowest BCUT2D eigenvalue weighted by molar-refractivity contribution is 0.102. The van der Waals surface area contributed by atoms with Crippen LogP contribution >= 0.6 is 0 Å². The largest absolute Gasteiger partial charge is 0.507 e. The average molecular weight is 587 g/mol. The number of hydrogen-bond donors (Lipinski definition) is 1. The number of fused-ring (bicyclic) bond motifs is 2. The molecule has 0 saturated carbocycles. The third-order valence-electron chi connectivity index (χ3n) is 8.89. The molecule has 43 heavy (non-hydrogen) atoms. The van der Waals surface area contributed by atoms with E-state index in [2.05, 4.69) is 55.4 Å². The van der Waals surface area contributed by atoms with E-state index >= 15 is 0 Å². The van der Waals surface area contributed by atoms with Gasteiger partial charge in [0.2, 0.25) is 5.78 Å². The van der Waals surface area contributed by atoms with Gasteiger partial charge >= 0.3 is 0 Å². The Hall–Kier alpha value is -3.73. The van der Waals surface area contributed by atoms with Crippen molar-refractivity contribution in [2.24, 2.45) is 10.8 Å². The van der Waals surface area contributed by atoms with E-state index < -0.39 is 0 Å². The maximum atomic E-state index is 13.3. The van der Waals surface area contributed by atoms with Crippen molar-refractivity contribution >= 4 is 5.78 Å². The molecule has 0 unspecified atom stereocenters. The fourth-order valence-electron chi connectivity index (χ4n) is 5.58. The second-order valence-corrected chi connectivity index (χ2v) is 12.8. The molecular weight excluding hydrogens is 536 g/mol. The monoisotopic (exact) mass is 586 g/mol. The van der Waals surface area contributed by atoms with Crippen molar-refractivity contribution in [1.29, 1.82) is 0 Å². The first-order chi connectivity index (χ1) is 20.3. The normalized spacial score (nSPS) is 16.0. The van der Waals surface area contributed by atoms with Crippen LogP contribution in [0, 0.1) is 10.8 Å². The summed E-state index contributed by atoms with van der Waals surface area (Å²) in [6.07, 6.45) is 4.36. The summed E-state index contributed by atoms with van der Waals surface area (Å²) >= 11 is 0. The molecule has 0 aromatic heterocycles. The van der Waals surface area contributed by atoms with Crippen LogP contribution in [0.4, 0.5) is 0 Å². The lowest BCUT2D eigenvalue weighted by Crippen LogP contribution is -2.28. The van der Waals surface area contributed by atoms with Gasteiger partial charge in [0.05, 0.1) is 25.3 Å². The van der Waals surface area contributed by atoms with Crippen molar-refractivity contribution in [3.8, 4) is 23.0 Å². The molecule has 0 fully saturated rings. The molecule has 0 heterocycles. The summed E-state index contributed by atoms with van der Waals surface area (Å²) < 4.78 is 16.8. The van der Waals surface area contributed by atoms with Crippen molar-refractivity contribution in [3.63, 3.8) is 0 Å². The van der Waals surface area contributed by atoms with E-state index in [1.54, 1.807) is 37.5 Å². The van der Waals surface area contributed by atoms with Gasteiger partial charge in [0, 0.05) is 18.1 Å². The predicted molar refractivity (Wildman–Crippen MR) is 176 cm³/mol. The number of methoxy groups -OCH3 is 2. The minimum Gasteiger partial charge on any atom is -0.507 e. The number of carbonyl (C=O) groups is 1. The zero-order valence-corrected chi connectivity index (χ0v) is 27.8. The van der Waals surface area contributed by atoms with E-state index in [9.17, 15) is 9.90 Å². The first kappa shape index (κ1) is 33.8. The summed E-state index contributed by atoms with van der Waals surface area (Å²) in [6, 6.07) is 16.4. The van der Waals surface area contributed by atoms with Crippen LogP contribution in [-0.2, 0) is 13.0 Å². The molecule has 232 valence electrons. The second kappa shape index (κ2) is 14.2. The van der Waals surface area contributed by atoms with Gasteiger partial charge in [0.15, 0.2) is 0 Å². The molecule has 0 radical (unpaired) electrons. The van der Waals surface area contributed by atoms with Gasteiger partial charge in [-0.15, -0.1) is 0 Å². The third kappa shape index (κ3) is 7.62. The second-order valence-electron chi connectivity index (χ2n) is 12.8. The van der Waals surface area contributed by atoms with Crippen LogP contribution in [0.1, 0.15) is 107 Å². The van der Waals surface area contributed by atoms with Crippen molar-refractivity contribution in [2.45, 2.75) is 87.7 Å². The highest BCUT2D eigenvalue weighted by atomic mass is 16.5. The van der Waals surface area contributed by atoms with Gasteiger partial charge in [0.25, 0.3) is 0 Å². The molecular formula is C38H50O5. The zero-order valence-electron chi connectivity index (χ0n) is 27.8. The maximum Gasteiger partial charge on any atom is 0.201 e. The Morgan fingerprint density at radius 1 is 0.791 bits per heavy atom. The van der Waals surface area contributed by atoms with Crippen molar-refractivity contribution in [2.75, 3.05) is 14.2 Å². The molecule has 5 rings (SSSR count). The minimum absolute atomic E-state index is 0.0590. The first-order valence-electron chi connectivity index (χ1n) is 15.3. The fraction of sp³-hybridized carbons (Fsp3) is 0.447. The molecule has 3 aromatic rings. The smallest absolute Gasteiger partial charge is 0.201 e. The summed E-state index contributed by atoms with van der Waals surface area (Å²) in [6.45, 7) is 18.6. The summed E-state index contributed by atoms with van der Waals surface area (Å²) in [4.78, 5) is 13.3. The lowest BCUT2D eigenvalue weighted by Gasteiger charge is -2.41. The van der Waals surface area contributed by atoms with Gasteiger partial charge in [0.1, 0.15) is 29.6 Å². The number of ketones is 1. The van der Waals surface area contributed by atoms with Crippen LogP contribution in [0.25, 0.3) is 0 Å². The van der Waals surface area contributed by atoms with Crippen LogP contribution in [0.15, 0.2) is 65.7 Å². The number of hydrogen-bond acceptors (Lipinski definition) is 5. The van der Waals surface area contributed by atoms with Gasteiger partial charge < -0.3 is 19.3 Å². The number of carbonyl (C=O) groups excluding carboxylic acids is 1. The van der Waals surface area contributed by atoms with Crippen LogP contribution in [0.3, 0.4) is 0 Å². The first-order valence-corrected chi connectivity index (χ1v) is 15.3. The highest BCUT2D eigenvalue weighted by Gasteiger charge is 2.35. The van der Waals surface area contributed by atoms with Crippen LogP contribution in [0.5, 0.6) is 23.0 Å². The molecule has 5 nitrogen and oxygen atoms in total. The third-order valence-corrected chi connectivity index (χ3v) is 8.89. The molecule has 0 aliphatic heterocycles. The maximum absolute atomic E-state index is 13.3. The summed E-state index contributed by atoms with van der Waals surface area (Å²) in [5.74, 6) is 1.28. The van der Waals surface area contributed by atoms with Gasteiger partial charge in [-0.2, -0.15) is 0 Å². The average Bonchev–Trinajstić information content (AvgIpc) is 2.98. The molecule has 5 heteroatoms. The number of rotatable bonds is 5. The zero-order chi connectivity index (χ0) is 31.9. The Kier molecular flexibility index (Phi) is 11.1. The SMILES string of the molecule is CC1=C(C)C(C)(C)CCC1(C)C.CCC.COc1cc2c(c(OCc3ccccc3)c1)C(=O)c1c(O)ccc(OC)c1C2. The van der Waals surface area contributed by atoms with E-state index in [0.29, 0.717) is 52.2 Å². The quantitative estimate of drug-likeness (QED) is 0.236. The Balaban J connectivity index is 0.000000282. The predicted octanol–water partition coefficient (Wildman–Crippen LogP) is 9.71. The Bertz CT molecular complexity index is 1420. The molecule has 3 aromatic carbocycles. The van der Waals surface area contributed by atoms with Gasteiger partial charge in [-0.05, 0) is 66.8 Å². The number of phenols is 1. The molecule has 0 bridgehead atoms. The molecule has 1 N–H and O–H groups in total. The summed E-state index contributed by atoms with van der Waals surface area (Å²) in [5, 5.41) is 10.3. The van der Waals surface area contributed by atoms with Crippen LogP contribution in [0.2, 0.25) is 0 Å². The van der Waals surface area contributed by atoms with E-state index in [1.165, 1.54) is 25.3 Å². The van der Waals surface area contributed by atoms with Crippen LogP contribution < -0.4 is 14.2 Å². The van der Waals surface area contributed by atoms with E-state index in [0.717, 1.165) is 11.1 Å².